The fourth-order valence-corrected chi connectivity index (χ4v) is 7.99. The van der Waals surface area contributed by atoms with Crippen LogP contribution in [0.4, 0.5) is 0 Å². The Labute approximate surface area is 257 Å². The van der Waals surface area contributed by atoms with Gasteiger partial charge < -0.3 is 30.0 Å². The number of carbonyl (C=O) groups excluding carboxylic acids is 2. The molecule has 8 heteroatoms. The van der Waals surface area contributed by atoms with E-state index in [-0.39, 0.29) is 43.2 Å². The maximum absolute atomic E-state index is 12.2. The maximum atomic E-state index is 12.2. The third-order valence-corrected chi connectivity index (χ3v) is 10.1. The first-order valence-electron chi connectivity index (χ1n) is 13.8. The Hall–Kier alpha value is -3.10. The van der Waals surface area contributed by atoms with Crippen molar-refractivity contribution in [2.45, 2.75) is 101 Å². The van der Waals surface area contributed by atoms with Crippen LogP contribution in [0.5, 0.6) is 11.5 Å². The van der Waals surface area contributed by atoms with Crippen LogP contribution in [0.3, 0.4) is 0 Å². The quantitative estimate of drug-likeness (QED) is 0.289. The largest absolute Gasteiger partial charge is 0.545 e. The molecule has 42 heavy (non-hydrogen) atoms. The summed E-state index contributed by atoms with van der Waals surface area (Å²) in [7, 11) is 0. The lowest BCUT2D eigenvalue weighted by Gasteiger charge is -2.25. The molecule has 0 radical (unpaired) electrons. The van der Waals surface area contributed by atoms with E-state index < -0.39 is 11.9 Å². The van der Waals surface area contributed by atoms with Crippen molar-refractivity contribution in [2.75, 3.05) is 0 Å². The van der Waals surface area contributed by atoms with E-state index in [0.29, 0.717) is 22.6 Å². The van der Waals surface area contributed by atoms with E-state index in [1.54, 1.807) is 0 Å². The molecule has 3 aromatic rings. The minimum atomic E-state index is -1.41. The van der Waals surface area contributed by atoms with E-state index in [9.17, 15) is 30.0 Å². The second-order valence-corrected chi connectivity index (χ2v) is 14.8. The van der Waals surface area contributed by atoms with Crippen molar-refractivity contribution in [3.63, 3.8) is 0 Å². The number of aromatic carboxylic acids is 2. The van der Waals surface area contributed by atoms with Crippen molar-refractivity contribution in [3.05, 3.63) is 79.9 Å². The molecule has 0 fully saturated rings. The molecule has 0 bridgehead atoms. The molecule has 3 rings (SSSR count). The molecule has 0 aliphatic rings. The summed E-state index contributed by atoms with van der Waals surface area (Å²) in [5, 5.41) is 46.4. The average molecular weight is 609 g/mol. The number of hydrogen-bond acceptors (Lipinski definition) is 8. The number of carbonyl (C=O) groups is 2. The minimum Gasteiger partial charge on any atom is -0.545 e. The van der Waals surface area contributed by atoms with Crippen molar-refractivity contribution >= 4 is 35.5 Å². The van der Waals surface area contributed by atoms with E-state index in [4.69, 9.17) is 0 Å². The van der Waals surface area contributed by atoms with Crippen molar-refractivity contribution in [1.82, 2.24) is 0 Å². The third kappa shape index (κ3) is 6.76. The predicted octanol–water partition coefficient (Wildman–Crippen LogP) is 6.24. The lowest BCUT2D eigenvalue weighted by atomic mass is 9.83. The van der Waals surface area contributed by atoms with Crippen molar-refractivity contribution in [2.24, 2.45) is 0 Å². The van der Waals surface area contributed by atoms with E-state index in [0.717, 1.165) is 33.4 Å². The number of hydrogen-bond donors (Lipinski definition) is 2. The number of phenolic OH excluding ortho intramolecular Hbond substituents is 2. The van der Waals surface area contributed by atoms with Crippen molar-refractivity contribution < 1.29 is 30.0 Å². The maximum Gasteiger partial charge on any atom is 0.122 e. The van der Waals surface area contributed by atoms with E-state index in [1.165, 1.54) is 35.7 Å². The van der Waals surface area contributed by atoms with Gasteiger partial charge in [-0.1, -0.05) is 65.8 Å². The standard InChI is InChI=1S/C34H42O6S2/c1-17-13-25(33(5,6)7)27(35)19(3)23(17)15-41-29-21(31(37)38)11-12-22(32(39)40)30(29)42-16-24-18(2)14-26(34(8,9)10)28(36)20(24)4/h11-14,35-36H,15-16H2,1-10H3,(H,37,38)(H,39,40)/p-2. The Morgan fingerprint density at radius 2 is 0.976 bits per heavy atom. The zero-order valence-electron chi connectivity index (χ0n) is 26.1. The first-order chi connectivity index (χ1) is 19.3. The molecule has 0 aliphatic heterocycles. The zero-order valence-corrected chi connectivity index (χ0v) is 27.7. The Bertz CT molecular complexity index is 1440. The summed E-state index contributed by atoms with van der Waals surface area (Å²) >= 11 is 2.39. The number of carboxylic acids is 2. The molecule has 0 heterocycles. The molecule has 2 N–H and O–H groups in total. The summed E-state index contributed by atoms with van der Waals surface area (Å²) < 4.78 is 0. The van der Waals surface area contributed by atoms with Gasteiger partial charge in [-0.3, -0.25) is 0 Å². The van der Waals surface area contributed by atoms with Crippen LogP contribution >= 0.6 is 23.5 Å². The van der Waals surface area contributed by atoms with Gasteiger partial charge >= 0.3 is 0 Å². The van der Waals surface area contributed by atoms with Crippen LogP contribution in [0.2, 0.25) is 0 Å². The van der Waals surface area contributed by atoms with E-state index in [2.05, 4.69) is 0 Å². The minimum absolute atomic E-state index is 0.113. The second kappa shape index (κ2) is 12.3. The van der Waals surface area contributed by atoms with Gasteiger partial charge in [-0.25, -0.2) is 0 Å². The molecule has 6 nitrogen and oxygen atoms in total. The number of benzene rings is 3. The molecule has 0 atom stereocenters. The van der Waals surface area contributed by atoms with E-state index >= 15 is 0 Å². The third-order valence-electron chi connectivity index (χ3n) is 7.69. The zero-order chi connectivity index (χ0) is 31.9. The topological polar surface area (TPSA) is 121 Å². The molecule has 0 spiro atoms. The highest BCUT2D eigenvalue weighted by Gasteiger charge is 2.25. The molecule has 0 unspecified atom stereocenters. The van der Waals surface area contributed by atoms with Crippen LogP contribution in [0, 0.1) is 27.7 Å². The molecule has 0 aromatic heterocycles. The molecule has 3 aromatic carbocycles. The van der Waals surface area contributed by atoms with Gasteiger partial charge in [0.15, 0.2) is 0 Å². The van der Waals surface area contributed by atoms with Crippen LogP contribution in [0.15, 0.2) is 34.1 Å². The number of aryl methyl sites for hydroxylation is 2. The summed E-state index contributed by atoms with van der Waals surface area (Å²) in [6, 6.07) is 6.38. The van der Waals surface area contributed by atoms with Gasteiger partial charge in [-0.05, 0) is 83.0 Å². The number of phenols is 2. The molecule has 0 amide bonds. The van der Waals surface area contributed by atoms with Gasteiger partial charge in [0.2, 0.25) is 0 Å². The second-order valence-electron chi connectivity index (χ2n) is 12.9. The van der Waals surface area contributed by atoms with Crippen LogP contribution in [0.1, 0.15) is 107 Å². The van der Waals surface area contributed by atoms with Crippen LogP contribution in [-0.2, 0) is 22.3 Å². The van der Waals surface area contributed by atoms with Gasteiger partial charge in [0, 0.05) is 32.4 Å². The van der Waals surface area contributed by atoms with Crippen molar-refractivity contribution in [1.29, 1.82) is 0 Å². The number of rotatable bonds is 8. The molecule has 0 saturated heterocycles. The van der Waals surface area contributed by atoms with Gasteiger partial charge in [0.1, 0.15) is 11.5 Å². The van der Waals surface area contributed by atoms with Gasteiger partial charge in [-0.15, -0.1) is 23.5 Å². The summed E-state index contributed by atoms with van der Waals surface area (Å²) in [5.41, 5.74) is 5.88. The molecular weight excluding hydrogens is 569 g/mol. The monoisotopic (exact) mass is 608 g/mol. The van der Waals surface area contributed by atoms with Crippen LogP contribution in [0.25, 0.3) is 0 Å². The smallest absolute Gasteiger partial charge is 0.122 e. The first-order valence-corrected chi connectivity index (χ1v) is 15.7. The Morgan fingerprint density at radius 3 is 1.24 bits per heavy atom. The molecule has 0 saturated carbocycles. The van der Waals surface area contributed by atoms with E-state index in [1.807, 2.05) is 81.4 Å². The molecule has 0 aliphatic carbocycles. The number of aromatic hydroxyl groups is 2. The summed E-state index contributed by atoms with van der Waals surface area (Å²) in [6.45, 7) is 19.7. The van der Waals surface area contributed by atoms with Crippen molar-refractivity contribution in [3.8, 4) is 11.5 Å². The Balaban J connectivity index is 2.11. The average Bonchev–Trinajstić information content (AvgIpc) is 2.86. The normalized spacial score (nSPS) is 12.0. The van der Waals surface area contributed by atoms with Gasteiger partial charge in [0.05, 0.1) is 11.9 Å². The summed E-state index contributed by atoms with van der Waals surface area (Å²) in [5.74, 6) is -1.82. The highest BCUT2D eigenvalue weighted by molar-refractivity contribution is 8.01. The fraction of sp³-hybridized carbons (Fsp3) is 0.412. The Kier molecular flexibility index (Phi) is 9.74. The van der Waals surface area contributed by atoms with Gasteiger partial charge in [-0.2, -0.15) is 0 Å². The highest BCUT2D eigenvalue weighted by atomic mass is 32.2. The first kappa shape index (κ1) is 33.4. The molecular formula is C34H40O6S2-2. The molecule has 226 valence electrons. The SMILES string of the molecule is Cc1cc(C(C)(C)C)c(O)c(C)c1CSc1c(C(=O)[O-])ccc(C(=O)[O-])c1SCc1c(C)cc(C(C)(C)C)c(O)c1C. The predicted molar refractivity (Wildman–Crippen MR) is 167 cm³/mol. The Morgan fingerprint density at radius 1 is 0.667 bits per heavy atom. The lowest BCUT2D eigenvalue weighted by molar-refractivity contribution is -0.257. The number of carboxylic acid groups (broad SMARTS) is 2. The summed E-state index contributed by atoms with van der Waals surface area (Å²) in [6.07, 6.45) is 0. The number of thioether (sulfide) groups is 2. The van der Waals surface area contributed by atoms with Gasteiger partial charge in [0.25, 0.3) is 0 Å². The lowest BCUT2D eigenvalue weighted by Crippen LogP contribution is -2.26. The van der Waals surface area contributed by atoms with Crippen LogP contribution < -0.4 is 10.2 Å². The summed E-state index contributed by atoms with van der Waals surface area (Å²) in [4.78, 5) is 24.9. The van der Waals surface area contributed by atoms with Crippen LogP contribution in [-0.4, -0.2) is 22.2 Å². The highest BCUT2D eigenvalue weighted by Crippen LogP contribution is 2.44. The fourth-order valence-electron chi connectivity index (χ4n) is 5.07.